The molecule has 0 fully saturated rings. The summed E-state index contributed by atoms with van der Waals surface area (Å²) >= 11 is 3.18. The minimum absolute atomic E-state index is 0.562. The highest BCUT2D eigenvalue weighted by atomic mass is 32.2. The van der Waals surface area contributed by atoms with Gasteiger partial charge in [-0.2, -0.15) is 0 Å². The summed E-state index contributed by atoms with van der Waals surface area (Å²) < 4.78 is 0.988. The zero-order chi connectivity index (χ0) is 11.4. The van der Waals surface area contributed by atoms with Gasteiger partial charge in [0.25, 0.3) is 0 Å². The maximum absolute atomic E-state index is 9.20. The van der Waals surface area contributed by atoms with Crippen LogP contribution in [0.5, 0.6) is 0 Å². The number of hydrogen-bond donors (Lipinski definition) is 2. The van der Waals surface area contributed by atoms with Crippen LogP contribution in [0.4, 0.5) is 0 Å². The van der Waals surface area contributed by atoms with Gasteiger partial charge in [-0.1, -0.05) is 36.0 Å². The highest BCUT2D eigenvalue weighted by Gasteiger charge is 2.15. The van der Waals surface area contributed by atoms with Gasteiger partial charge in [-0.15, -0.1) is 11.3 Å². The van der Waals surface area contributed by atoms with E-state index in [1.807, 2.05) is 17.5 Å². The second-order valence-electron chi connectivity index (χ2n) is 3.16. The Morgan fingerprint density at radius 1 is 1.31 bits per heavy atom. The molecule has 1 heterocycles. The largest absolute Gasteiger partial charge is 0.488 e. The van der Waals surface area contributed by atoms with E-state index in [4.69, 9.17) is 0 Å². The van der Waals surface area contributed by atoms with Crippen molar-refractivity contribution >= 4 is 35.7 Å². The topological polar surface area (TPSA) is 53.4 Å². The molecule has 82 valence electrons. The lowest BCUT2D eigenvalue weighted by molar-refractivity contribution is 0.425. The van der Waals surface area contributed by atoms with Crippen LogP contribution in [0.3, 0.4) is 0 Å². The van der Waals surface area contributed by atoms with Crippen molar-refractivity contribution in [3.63, 3.8) is 0 Å². The minimum atomic E-state index is -1.41. The predicted octanol–water partition coefficient (Wildman–Crippen LogP) is 1.12. The summed E-state index contributed by atoms with van der Waals surface area (Å²) in [5.41, 5.74) is 1.49. The Morgan fingerprint density at radius 3 is 2.81 bits per heavy atom. The molecule has 1 aromatic heterocycles. The normalized spacial score (nSPS) is 10.4. The molecule has 16 heavy (non-hydrogen) atoms. The van der Waals surface area contributed by atoms with Crippen molar-refractivity contribution in [1.29, 1.82) is 0 Å². The van der Waals surface area contributed by atoms with Crippen LogP contribution < -0.4 is 5.46 Å². The van der Waals surface area contributed by atoms with Crippen molar-refractivity contribution in [1.82, 2.24) is 4.98 Å². The first-order valence-electron chi connectivity index (χ1n) is 4.73. The zero-order valence-electron chi connectivity index (χ0n) is 8.41. The molecule has 0 saturated heterocycles. The summed E-state index contributed by atoms with van der Waals surface area (Å²) in [7, 11) is -1.41. The fraction of sp³-hybridized carbons (Fsp3) is 0.100. The van der Waals surface area contributed by atoms with Crippen molar-refractivity contribution in [2.75, 3.05) is 0 Å². The SMILES string of the molecule is OB(O)c1ccccc1CSc1nccs1. The maximum atomic E-state index is 9.20. The van der Waals surface area contributed by atoms with Crippen molar-refractivity contribution in [3.8, 4) is 0 Å². The lowest BCUT2D eigenvalue weighted by Gasteiger charge is -2.06. The number of nitrogens with zero attached hydrogens (tertiary/aromatic N) is 1. The third-order valence-electron chi connectivity index (χ3n) is 2.09. The highest BCUT2D eigenvalue weighted by Crippen LogP contribution is 2.23. The molecular formula is C10H10BNO2S2. The smallest absolute Gasteiger partial charge is 0.423 e. The fourth-order valence-electron chi connectivity index (χ4n) is 1.34. The van der Waals surface area contributed by atoms with E-state index in [-0.39, 0.29) is 0 Å². The van der Waals surface area contributed by atoms with Gasteiger partial charge in [-0.3, -0.25) is 0 Å². The lowest BCUT2D eigenvalue weighted by Crippen LogP contribution is -2.32. The Morgan fingerprint density at radius 2 is 2.12 bits per heavy atom. The second kappa shape index (κ2) is 5.49. The molecule has 0 unspecified atom stereocenters. The summed E-state index contributed by atoms with van der Waals surface area (Å²) in [6, 6.07) is 7.31. The maximum Gasteiger partial charge on any atom is 0.488 e. The third-order valence-corrected chi connectivity index (χ3v) is 4.11. The third kappa shape index (κ3) is 2.86. The molecule has 0 radical (unpaired) electrons. The van der Waals surface area contributed by atoms with E-state index in [9.17, 15) is 10.0 Å². The minimum Gasteiger partial charge on any atom is -0.423 e. The number of benzene rings is 1. The highest BCUT2D eigenvalue weighted by molar-refractivity contribution is 8.00. The van der Waals surface area contributed by atoms with Gasteiger partial charge in [0.1, 0.15) is 4.34 Å². The Labute approximate surface area is 102 Å². The van der Waals surface area contributed by atoms with E-state index in [0.29, 0.717) is 11.2 Å². The molecule has 2 N–H and O–H groups in total. The van der Waals surface area contributed by atoms with Crippen LogP contribution >= 0.6 is 23.1 Å². The van der Waals surface area contributed by atoms with Crippen molar-refractivity contribution < 1.29 is 10.0 Å². The fourth-order valence-corrected chi connectivity index (χ4v) is 2.99. The van der Waals surface area contributed by atoms with E-state index in [1.165, 1.54) is 0 Å². The van der Waals surface area contributed by atoms with Crippen LogP contribution in [0.15, 0.2) is 40.2 Å². The molecule has 6 heteroatoms. The molecule has 0 aliphatic carbocycles. The number of aromatic nitrogens is 1. The second-order valence-corrected chi connectivity index (χ2v) is 5.28. The van der Waals surface area contributed by atoms with Crippen LogP contribution in [-0.2, 0) is 5.75 Å². The van der Waals surface area contributed by atoms with Crippen LogP contribution in [-0.4, -0.2) is 22.2 Å². The van der Waals surface area contributed by atoms with E-state index in [2.05, 4.69) is 4.98 Å². The molecule has 0 bridgehead atoms. The van der Waals surface area contributed by atoms with Crippen LogP contribution in [0.25, 0.3) is 0 Å². The summed E-state index contributed by atoms with van der Waals surface area (Å²) in [5.74, 6) is 0.696. The quantitative estimate of drug-likeness (QED) is 0.631. The zero-order valence-corrected chi connectivity index (χ0v) is 10.0. The van der Waals surface area contributed by atoms with Crippen LogP contribution in [0.1, 0.15) is 5.56 Å². The Bertz CT molecular complexity index is 448. The van der Waals surface area contributed by atoms with Crippen LogP contribution in [0, 0.1) is 0 Å². The molecule has 1 aromatic carbocycles. The van der Waals surface area contributed by atoms with Gasteiger partial charge in [0.15, 0.2) is 0 Å². The number of rotatable bonds is 4. The Kier molecular flexibility index (Phi) is 4.01. The molecule has 2 rings (SSSR count). The average molecular weight is 251 g/mol. The predicted molar refractivity (Wildman–Crippen MR) is 67.9 cm³/mol. The summed E-state index contributed by atoms with van der Waals surface area (Å²) in [6.07, 6.45) is 1.76. The molecule has 0 amide bonds. The number of thioether (sulfide) groups is 1. The van der Waals surface area contributed by atoms with Gasteiger partial charge in [0, 0.05) is 17.3 Å². The van der Waals surface area contributed by atoms with Gasteiger partial charge in [0.2, 0.25) is 0 Å². The van der Waals surface area contributed by atoms with Crippen molar-refractivity contribution in [2.24, 2.45) is 0 Å². The first kappa shape index (κ1) is 11.7. The summed E-state index contributed by atoms with van der Waals surface area (Å²) in [5, 5.41) is 20.3. The van der Waals surface area contributed by atoms with Gasteiger partial charge in [0.05, 0.1) is 0 Å². The molecular weight excluding hydrogens is 241 g/mol. The van der Waals surface area contributed by atoms with E-state index < -0.39 is 7.12 Å². The molecule has 3 nitrogen and oxygen atoms in total. The van der Waals surface area contributed by atoms with E-state index in [1.54, 1.807) is 41.4 Å². The van der Waals surface area contributed by atoms with Gasteiger partial charge < -0.3 is 10.0 Å². The molecule has 0 atom stereocenters. The number of hydrogen-bond acceptors (Lipinski definition) is 5. The van der Waals surface area contributed by atoms with Gasteiger partial charge in [-0.05, 0) is 11.0 Å². The molecule has 0 aliphatic rings. The monoisotopic (exact) mass is 251 g/mol. The Hall–Kier alpha value is -0.815. The summed E-state index contributed by atoms with van der Waals surface area (Å²) in [4.78, 5) is 4.16. The molecule has 2 aromatic rings. The lowest BCUT2D eigenvalue weighted by atomic mass is 9.77. The van der Waals surface area contributed by atoms with E-state index >= 15 is 0 Å². The van der Waals surface area contributed by atoms with Gasteiger partial charge in [-0.25, -0.2) is 4.98 Å². The molecule has 0 saturated carbocycles. The molecule has 0 spiro atoms. The number of thiazole rings is 1. The van der Waals surface area contributed by atoms with Crippen molar-refractivity contribution in [2.45, 2.75) is 10.1 Å². The average Bonchev–Trinajstić information content (AvgIpc) is 2.79. The standard InChI is InChI=1S/C10H10BNO2S2/c13-11(14)9-4-2-1-3-8(9)7-16-10-12-5-6-15-10/h1-6,13-14H,7H2. The Balaban J connectivity index is 2.09. The van der Waals surface area contributed by atoms with E-state index in [0.717, 1.165) is 9.90 Å². The van der Waals surface area contributed by atoms with Crippen LogP contribution in [0.2, 0.25) is 0 Å². The first-order valence-corrected chi connectivity index (χ1v) is 6.60. The summed E-state index contributed by atoms with van der Waals surface area (Å²) in [6.45, 7) is 0. The van der Waals surface area contributed by atoms with Crippen molar-refractivity contribution in [3.05, 3.63) is 41.4 Å². The van der Waals surface area contributed by atoms with Gasteiger partial charge >= 0.3 is 7.12 Å². The molecule has 0 aliphatic heterocycles. The first-order chi connectivity index (χ1) is 7.77.